The van der Waals surface area contributed by atoms with Gasteiger partial charge in [0.05, 0.1) is 18.3 Å². The minimum Gasteiger partial charge on any atom is -0.465 e. The molecular formula is C24H29NO3. The van der Waals surface area contributed by atoms with Gasteiger partial charge in [-0.05, 0) is 61.9 Å². The molecule has 2 atom stereocenters. The summed E-state index contributed by atoms with van der Waals surface area (Å²) in [6.45, 7) is 3.25. The van der Waals surface area contributed by atoms with Gasteiger partial charge in [0, 0.05) is 12.5 Å². The van der Waals surface area contributed by atoms with Gasteiger partial charge in [0.2, 0.25) is 0 Å². The van der Waals surface area contributed by atoms with Crippen LogP contribution in [0.3, 0.4) is 0 Å². The highest BCUT2D eigenvalue weighted by molar-refractivity contribution is 5.90. The molecule has 2 aromatic carbocycles. The summed E-state index contributed by atoms with van der Waals surface area (Å²) in [7, 11) is 1.41. The summed E-state index contributed by atoms with van der Waals surface area (Å²) in [6, 6.07) is 17.7. The number of methoxy groups -OCH3 is 1. The molecule has 28 heavy (non-hydrogen) atoms. The number of hydrogen-bond donors (Lipinski definition) is 1. The Bertz CT molecular complexity index is 814. The van der Waals surface area contributed by atoms with Crippen molar-refractivity contribution in [2.75, 3.05) is 26.7 Å². The Morgan fingerprint density at radius 1 is 1.11 bits per heavy atom. The Labute approximate surface area is 167 Å². The highest BCUT2D eigenvalue weighted by atomic mass is 16.5. The molecule has 0 amide bonds. The number of carbonyl (C=O) groups excluding carboxylic acids is 1. The zero-order chi connectivity index (χ0) is 19.6. The summed E-state index contributed by atoms with van der Waals surface area (Å²) < 4.78 is 4.94. The van der Waals surface area contributed by atoms with Crippen LogP contribution in [0.15, 0.2) is 54.6 Å². The van der Waals surface area contributed by atoms with E-state index in [-0.39, 0.29) is 11.9 Å². The summed E-state index contributed by atoms with van der Waals surface area (Å²) >= 11 is 0. The number of ether oxygens (including phenoxy) is 1. The third-order valence-corrected chi connectivity index (χ3v) is 6.74. The van der Waals surface area contributed by atoms with Crippen LogP contribution >= 0.6 is 0 Å². The van der Waals surface area contributed by atoms with E-state index in [0.717, 1.165) is 30.8 Å². The summed E-state index contributed by atoms with van der Waals surface area (Å²) in [4.78, 5) is 14.6. The number of fused-ring (bicyclic) bond motifs is 3. The maximum atomic E-state index is 12.1. The van der Waals surface area contributed by atoms with Crippen molar-refractivity contribution in [1.29, 1.82) is 0 Å². The summed E-state index contributed by atoms with van der Waals surface area (Å²) in [5.74, 6) is 0.468. The lowest BCUT2D eigenvalue weighted by Gasteiger charge is -2.51. The smallest absolute Gasteiger partial charge is 0.338 e. The van der Waals surface area contributed by atoms with Crippen LogP contribution in [0.1, 0.15) is 40.7 Å². The second kappa shape index (κ2) is 8.06. The Balaban J connectivity index is 1.64. The summed E-state index contributed by atoms with van der Waals surface area (Å²) in [5, 5.41) is 12.0. The van der Waals surface area contributed by atoms with Crippen molar-refractivity contribution in [3.05, 3.63) is 71.3 Å². The fourth-order valence-corrected chi connectivity index (χ4v) is 5.15. The zero-order valence-electron chi connectivity index (χ0n) is 16.5. The van der Waals surface area contributed by atoms with E-state index in [4.69, 9.17) is 4.74 Å². The number of aryl methyl sites for hydroxylation is 1. The third kappa shape index (κ3) is 3.59. The van der Waals surface area contributed by atoms with Crippen LogP contribution in [0.2, 0.25) is 0 Å². The predicted octanol–water partition coefficient (Wildman–Crippen LogP) is 3.64. The lowest BCUT2D eigenvalue weighted by atomic mass is 9.66. The maximum absolute atomic E-state index is 12.1. The molecular weight excluding hydrogens is 350 g/mol. The predicted molar refractivity (Wildman–Crippen MR) is 109 cm³/mol. The van der Waals surface area contributed by atoms with Crippen LogP contribution < -0.4 is 0 Å². The standard InChI is InChI=1S/C24H29NO3/c1-28-23(26)21-10-6-5-7-18(21)11-14-24(27,20-8-3-2-4-9-20)22-17-25-15-12-19(22)13-16-25/h2-10,19,22,27H,11-17H2,1H3. The van der Waals surface area contributed by atoms with Gasteiger partial charge in [0.25, 0.3) is 0 Å². The minimum absolute atomic E-state index is 0.225. The van der Waals surface area contributed by atoms with Gasteiger partial charge in [-0.3, -0.25) is 0 Å². The van der Waals surface area contributed by atoms with Gasteiger partial charge in [-0.2, -0.15) is 0 Å². The number of piperidine rings is 3. The second-order valence-corrected chi connectivity index (χ2v) is 8.18. The van der Waals surface area contributed by atoms with Gasteiger partial charge in [-0.15, -0.1) is 0 Å². The molecule has 3 fully saturated rings. The van der Waals surface area contributed by atoms with E-state index in [0.29, 0.717) is 24.3 Å². The average molecular weight is 380 g/mol. The van der Waals surface area contributed by atoms with E-state index in [1.54, 1.807) is 6.07 Å². The van der Waals surface area contributed by atoms with Crippen molar-refractivity contribution in [3.8, 4) is 0 Å². The van der Waals surface area contributed by atoms with Gasteiger partial charge in [-0.1, -0.05) is 48.5 Å². The number of rotatable bonds is 6. The first-order valence-corrected chi connectivity index (χ1v) is 10.3. The Hall–Kier alpha value is -2.17. The first-order valence-electron chi connectivity index (χ1n) is 10.3. The lowest BCUT2D eigenvalue weighted by Crippen LogP contribution is -2.55. The number of carbonyl (C=O) groups is 1. The van der Waals surface area contributed by atoms with Crippen molar-refractivity contribution < 1.29 is 14.6 Å². The number of benzene rings is 2. The minimum atomic E-state index is -0.895. The Morgan fingerprint density at radius 3 is 2.43 bits per heavy atom. The quantitative estimate of drug-likeness (QED) is 0.779. The van der Waals surface area contributed by atoms with E-state index >= 15 is 0 Å². The maximum Gasteiger partial charge on any atom is 0.338 e. The first-order chi connectivity index (χ1) is 13.6. The molecule has 0 aliphatic carbocycles. The highest BCUT2D eigenvalue weighted by Crippen LogP contribution is 2.45. The Morgan fingerprint density at radius 2 is 1.79 bits per heavy atom. The normalized spacial score (nSPS) is 25.9. The van der Waals surface area contributed by atoms with Crippen LogP contribution in [0.5, 0.6) is 0 Å². The molecule has 5 rings (SSSR count). The van der Waals surface area contributed by atoms with Crippen molar-refractivity contribution in [2.24, 2.45) is 11.8 Å². The van der Waals surface area contributed by atoms with Gasteiger partial charge in [0.1, 0.15) is 0 Å². The van der Waals surface area contributed by atoms with Gasteiger partial charge in [0.15, 0.2) is 0 Å². The number of hydrogen-bond acceptors (Lipinski definition) is 4. The third-order valence-electron chi connectivity index (χ3n) is 6.74. The molecule has 4 nitrogen and oxygen atoms in total. The number of aliphatic hydroxyl groups is 1. The van der Waals surface area contributed by atoms with E-state index in [1.165, 1.54) is 20.0 Å². The van der Waals surface area contributed by atoms with Gasteiger partial charge >= 0.3 is 5.97 Å². The van der Waals surface area contributed by atoms with E-state index in [1.807, 2.05) is 48.5 Å². The first kappa shape index (κ1) is 19.2. The largest absolute Gasteiger partial charge is 0.465 e. The number of esters is 1. The second-order valence-electron chi connectivity index (χ2n) is 8.18. The van der Waals surface area contributed by atoms with Crippen molar-refractivity contribution in [2.45, 2.75) is 31.3 Å². The van der Waals surface area contributed by atoms with Crippen molar-refractivity contribution >= 4 is 5.97 Å². The molecule has 3 aliphatic heterocycles. The van der Waals surface area contributed by atoms with E-state index < -0.39 is 5.60 Å². The topological polar surface area (TPSA) is 49.8 Å². The number of nitrogens with zero attached hydrogens (tertiary/aromatic N) is 1. The molecule has 3 aliphatic rings. The van der Waals surface area contributed by atoms with Crippen LogP contribution in [-0.2, 0) is 16.8 Å². The van der Waals surface area contributed by atoms with E-state index in [2.05, 4.69) is 4.90 Å². The fourth-order valence-electron chi connectivity index (χ4n) is 5.15. The Kier molecular flexibility index (Phi) is 5.51. The van der Waals surface area contributed by atoms with E-state index in [9.17, 15) is 9.90 Å². The molecule has 3 heterocycles. The average Bonchev–Trinajstić information content (AvgIpc) is 2.78. The van der Waals surface area contributed by atoms with Crippen LogP contribution in [-0.4, -0.2) is 42.7 Å². The molecule has 1 N–H and O–H groups in total. The molecule has 2 aromatic rings. The van der Waals surface area contributed by atoms with Gasteiger partial charge < -0.3 is 14.7 Å². The highest BCUT2D eigenvalue weighted by Gasteiger charge is 2.47. The lowest BCUT2D eigenvalue weighted by molar-refractivity contribution is -0.106. The summed E-state index contributed by atoms with van der Waals surface area (Å²) in [6.07, 6.45) is 3.57. The SMILES string of the molecule is COC(=O)c1ccccc1CCC(O)(c1ccccc1)C1CN2CCC1CC2. The molecule has 148 valence electrons. The van der Waals surface area contributed by atoms with Gasteiger partial charge in [-0.25, -0.2) is 4.79 Å². The molecule has 2 unspecified atom stereocenters. The fraction of sp³-hybridized carbons (Fsp3) is 0.458. The molecule has 2 bridgehead atoms. The van der Waals surface area contributed by atoms with Crippen LogP contribution in [0.25, 0.3) is 0 Å². The monoisotopic (exact) mass is 379 g/mol. The molecule has 0 spiro atoms. The zero-order valence-corrected chi connectivity index (χ0v) is 16.5. The van der Waals surface area contributed by atoms with Crippen molar-refractivity contribution in [1.82, 2.24) is 4.90 Å². The molecule has 0 aromatic heterocycles. The molecule has 3 saturated heterocycles. The molecule has 0 radical (unpaired) electrons. The summed E-state index contributed by atoms with van der Waals surface area (Å²) in [5.41, 5.74) is 1.62. The van der Waals surface area contributed by atoms with Crippen LogP contribution in [0.4, 0.5) is 0 Å². The molecule has 4 heteroatoms. The molecule has 0 saturated carbocycles. The van der Waals surface area contributed by atoms with Crippen LogP contribution in [0, 0.1) is 11.8 Å². The van der Waals surface area contributed by atoms with Crippen molar-refractivity contribution in [3.63, 3.8) is 0 Å².